The molecule has 2 saturated carbocycles. The Labute approximate surface area is 129 Å². The zero-order valence-corrected chi connectivity index (χ0v) is 13.0. The second-order valence-electron chi connectivity index (χ2n) is 6.32. The Morgan fingerprint density at radius 3 is 2.62 bits per heavy atom. The van der Waals surface area contributed by atoms with Gasteiger partial charge in [-0.1, -0.05) is 6.42 Å². The van der Waals surface area contributed by atoms with E-state index in [1.165, 1.54) is 0 Å². The quantitative estimate of drug-likeness (QED) is 0.830. The SMILES string of the molecule is CCOC1CC(NC(=O)C2CC(F)(F)CN2)C12CCC2.Cl. The van der Waals surface area contributed by atoms with E-state index in [4.69, 9.17) is 4.74 Å². The number of alkyl halides is 2. The zero-order chi connectivity index (χ0) is 14.4. The molecule has 3 aliphatic rings. The first-order valence-electron chi connectivity index (χ1n) is 7.50. The molecular weight excluding hydrogens is 302 g/mol. The normalized spacial score (nSPS) is 35.5. The lowest BCUT2D eigenvalue weighted by Gasteiger charge is -2.61. The number of carbonyl (C=O) groups excluding carboxylic acids is 1. The van der Waals surface area contributed by atoms with Crippen LogP contribution in [0.2, 0.25) is 0 Å². The van der Waals surface area contributed by atoms with Crippen molar-refractivity contribution >= 4 is 18.3 Å². The molecule has 3 unspecified atom stereocenters. The van der Waals surface area contributed by atoms with Gasteiger partial charge in [0.1, 0.15) is 0 Å². The molecule has 7 heteroatoms. The van der Waals surface area contributed by atoms with Crippen LogP contribution in [0.1, 0.15) is 39.0 Å². The Balaban J connectivity index is 0.00000161. The van der Waals surface area contributed by atoms with Gasteiger partial charge in [-0.25, -0.2) is 8.78 Å². The number of halogens is 3. The second-order valence-corrected chi connectivity index (χ2v) is 6.32. The van der Waals surface area contributed by atoms with Crippen molar-refractivity contribution in [3.8, 4) is 0 Å². The van der Waals surface area contributed by atoms with Crippen LogP contribution in [-0.4, -0.2) is 43.2 Å². The minimum Gasteiger partial charge on any atom is -0.378 e. The van der Waals surface area contributed by atoms with Gasteiger partial charge in [-0.15, -0.1) is 12.4 Å². The molecule has 0 aromatic heterocycles. The van der Waals surface area contributed by atoms with Crippen molar-refractivity contribution in [3.05, 3.63) is 0 Å². The molecule has 122 valence electrons. The first kappa shape index (κ1) is 16.9. The lowest BCUT2D eigenvalue weighted by Crippen LogP contribution is -2.68. The summed E-state index contributed by atoms with van der Waals surface area (Å²) in [7, 11) is 0. The van der Waals surface area contributed by atoms with Crippen LogP contribution in [0.4, 0.5) is 8.78 Å². The summed E-state index contributed by atoms with van der Waals surface area (Å²) in [6, 6.07) is -0.662. The van der Waals surface area contributed by atoms with E-state index in [-0.39, 0.29) is 35.9 Å². The first-order chi connectivity index (χ1) is 9.47. The number of nitrogens with one attached hydrogen (secondary N) is 2. The molecule has 0 aromatic rings. The highest BCUT2D eigenvalue weighted by Gasteiger charge is 2.59. The van der Waals surface area contributed by atoms with Gasteiger partial charge in [0, 0.05) is 24.5 Å². The minimum absolute atomic E-state index is 0. The summed E-state index contributed by atoms with van der Waals surface area (Å²) >= 11 is 0. The molecule has 1 heterocycles. The Kier molecular flexibility index (Phi) is 4.81. The van der Waals surface area contributed by atoms with Crippen molar-refractivity contribution in [1.29, 1.82) is 0 Å². The third kappa shape index (κ3) is 2.90. The topological polar surface area (TPSA) is 50.4 Å². The van der Waals surface area contributed by atoms with Crippen LogP contribution >= 0.6 is 12.4 Å². The van der Waals surface area contributed by atoms with Gasteiger partial charge in [-0.05, 0) is 26.2 Å². The highest BCUT2D eigenvalue weighted by molar-refractivity contribution is 5.85. The van der Waals surface area contributed by atoms with Crippen molar-refractivity contribution in [1.82, 2.24) is 10.6 Å². The van der Waals surface area contributed by atoms with Gasteiger partial charge in [0.25, 0.3) is 5.92 Å². The fourth-order valence-electron chi connectivity index (χ4n) is 3.81. The van der Waals surface area contributed by atoms with Gasteiger partial charge in [-0.3, -0.25) is 10.1 Å². The number of ether oxygens (including phenoxy) is 1. The number of rotatable bonds is 4. The fraction of sp³-hybridized carbons (Fsp3) is 0.929. The molecule has 2 aliphatic carbocycles. The summed E-state index contributed by atoms with van der Waals surface area (Å²) < 4.78 is 32.0. The summed E-state index contributed by atoms with van der Waals surface area (Å²) in [5.74, 6) is -3.04. The van der Waals surface area contributed by atoms with E-state index in [2.05, 4.69) is 10.6 Å². The molecule has 0 aromatic carbocycles. The van der Waals surface area contributed by atoms with Gasteiger partial charge in [-0.2, -0.15) is 0 Å². The summed E-state index contributed by atoms with van der Waals surface area (Å²) in [5.41, 5.74) is 0.0762. The van der Waals surface area contributed by atoms with Crippen LogP contribution in [0.3, 0.4) is 0 Å². The molecule has 21 heavy (non-hydrogen) atoms. The maximum atomic E-state index is 13.1. The molecule has 1 saturated heterocycles. The number of hydrogen-bond donors (Lipinski definition) is 2. The van der Waals surface area contributed by atoms with Gasteiger partial charge in [0.05, 0.1) is 18.7 Å². The largest absolute Gasteiger partial charge is 0.378 e. The summed E-state index contributed by atoms with van der Waals surface area (Å²) in [6.45, 7) is 2.26. The number of hydrogen-bond acceptors (Lipinski definition) is 3. The first-order valence-corrected chi connectivity index (χ1v) is 7.50. The lowest BCUT2D eigenvalue weighted by atomic mass is 9.51. The molecule has 3 rings (SSSR count). The predicted molar refractivity (Wildman–Crippen MR) is 76.8 cm³/mol. The average Bonchev–Trinajstić information content (AvgIpc) is 2.66. The van der Waals surface area contributed by atoms with Crippen LogP contribution < -0.4 is 10.6 Å². The van der Waals surface area contributed by atoms with E-state index in [1.54, 1.807) is 0 Å². The van der Waals surface area contributed by atoms with E-state index < -0.39 is 24.9 Å². The monoisotopic (exact) mass is 324 g/mol. The van der Waals surface area contributed by atoms with Crippen molar-refractivity contribution in [2.75, 3.05) is 13.2 Å². The highest BCUT2D eigenvalue weighted by atomic mass is 35.5. The fourth-order valence-corrected chi connectivity index (χ4v) is 3.81. The lowest BCUT2D eigenvalue weighted by molar-refractivity contribution is -0.176. The predicted octanol–water partition coefficient (Wildman–Crippen LogP) is 1.87. The van der Waals surface area contributed by atoms with Crippen molar-refractivity contribution in [2.24, 2.45) is 5.41 Å². The Bertz CT molecular complexity index is 404. The van der Waals surface area contributed by atoms with Crippen molar-refractivity contribution in [3.63, 3.8) is 0 Å². The molecular formula is C14H23ClF2N2O2. The molecule has 1 aliphatic heterocycles. The number of amides is 1. The summed E-state index contributed by atoms with van der Waals surface area (Å²) in [5, 5.41) is 5.57. The van der Waals surface area contributed by atoms with E-state index in [9.17, 15) is 13.6 Å². The smallest absolute Gasteiger partial charge is 0.262 e. The maximum absolute atomic E-state index is 13.1. The van der Waals surface area contributed by atoms with Crippen LogP contribution in [0, 0.1) is 5.41 Å². The van der Waals surface area contributed by atoms with E-state index >= 15 is 0 Å². The van der Waals surface area contributed by atoms with E-state index in [0.717, 1.165) is 25.7 Å². The average molecular weight is 325 g/mol. The van der Waals surface area contributed by atoms with Crippen LogP contribution in [-0.2, 0) is 9.53 Å². The van der Waals surface area contributed by atoms with Gasteiger partial charge in [0.15, 0.2) is 0 Å². The molecule has 0 radical (unpaired) electrons. The maximum Gasteiger partial charge on any atom is 0.262 e. The Morgan fingerprint density at radius 2 is 2.14 bits per heavy atom. The van der Waals surface area contributed by atoms with E-state index in [0.29, 0.717) is 6.61 Å². The third-order valence-electron chi connectivity index (χ3n) is 5.18. The zero-order valence-electron chi connectivity index (χ0n) is 12.2. The Morgan fingerprint density at radius 1 is 1.43 bits per heavy atom. The molecule has 2 N–H and O–H groups in total. The minimum atomic E-state index is -2.76. The molecule has 1 amide bonds. The van der Waals surface area contributed by atoms with Gasteiger partial charge in [0.2, 0.25) is 5.91 Å². The molecule has 1 spiro atoms. The summed E-state index contributed by atoms with van der Waals surface area (Å²) in [6.07, 6.45) is 3.93. The van der Waals surface area contributed by atoms with Crippen LogP contribution in [0.5, 0.6) is 0 Å². The molecule has 4 nitrogen and oxygen atoms in total. The van der Waals surface area contributed by atoms with Crippen molar-refractivity contribution < 1.29 is 18.3 Å². The highest BCUT2D eigenvalue weighted by Crippen LogP contribution is 2.57. The number of carbonyl (C=O) groups is 1. The third-order valence-corrected chi connectivity index (χ3v) is 5.18. The molecule has 3 atom stereocenters. The standard InChI is InChI=1S/C14H22F2N2O2.ClH/c1-2-20-11-6-10(13(11)4-3-5-13)18-12(19)9-7-14(15,16)8-17-9;/h9-11,17H,2-8H2,1H3,(H,18,19);1H. The molecule has 3 fully saturated rings. The Hall–Kier alpha value is -0.460. The second kappa shape index (κ2) is 5.97. The van der Waals surface area contributed by atoms with E-state index in [1.807, 2.05) is 6.92 Å². The molecule has 0 bridgehead atoms. The van der Waals surface area contributed by atoms with Crippen molar-refractivity contribution in [2.45, 2.75) is 63.1 Å². The summed E-state index contributed by atoms with van der Waals surface area (Å²) in [4.78, 5) is 12.1. The van der Waals surface area contributed by atoms with Gasteiger partial charge >= 0.3 is 0 Å². The van der Waals surface area contributed by atoms with Crippen LogP contribution in [0.15, 0.2) is 0 Å². The van der Waals surface area contributed by atoms with Crippen LogP contribution in [0.25, 0.3) is 0 Å². The van der Waals surface area contributed by atoms with Gasteiger partial charge < -0.3 is 10.1 Å².